The highest BCUT2D eigenvalue weighted by molar-refractivity contribution is 7.98. The van der Waals surface area contributed by atoms with Crippen molar-refractivity contribution in [3.05, 3.63) is 104 Å². The van der Waals surface area contributed by atoms with Gasteiger partial charge >= 0.3 is 5.97 Å². The third-order valence-electron chi connectivity index (χ3n) is 6.73. The molecule has 8 nitrogen and oxygen atoms in total. The van der Waals surface area contributed by atoms with Crippen molar-refractivity contribution in [3.8, 4) is 11.5 Å². The number of nitrogens with zero attached hydrogens (tertiary/aromatic N) is 3. The smallest absolute Gasteiger partial charge is 0.338 e. The zero-order valence-electron chi connectivity index (χ0n) is 24.6. The summed E-state index contributed by atoms with van der Waals surface area (Å²) >= 11 is 20.5. The molecule has 0 radical (unpaired) electrons. The molecule has 1 aromatic heterocycles. The summed E-state index contributed by atoms with van der Waals surface area (Å²) in [7, 11) is 0. The normalized spacial score (nSPS) is 14.3. The van der Waals surface area contributed by atoms with Gasteiger partial charge in [0.1, 0.15) is 12.6 Å². The second-order valence-electron chi connectivity index (χ2n) is 10.2. The maximum atomic E-state index is 13.5. The van der Waals surface area contributed by atoms with Gasteiger partial charge in [-0.05, 0) is 69.2 Å². The van der Waals surface area contributed by atoms with Crippen LogP contribution in [-0.4, -0.2) is 33.4 Å². The van der Waals surface area contributed by atoms with Gasteiger partial charge in [0.05, 0.1) is 18.3 Å². The monoisotopic (exact) mass is 672 g/mol. The lowest BCUT2D eigenvalue weighted by Gasteiger charge is -2.29. The molecule has 0 saturated carbocycles. The number of carbonyl (C=O) groups is 1. The van der Waals surface area contributed by atoms with Gasteiger partial charge in [-0.15, -0.1) is 5.10 Å². The number of benzene rings is 3. The van der Waals surface area contributed by atoms with E-state index in [0.29, 0.717) is 66.9 Å². The molecule has 0 aliphatic carbocycles. The third-order valence-corrected chi connectivity index (χ3v) is 8.69. The molecule has 1 unspecified atom stereocenters. The minimum absolute atomic E-state index is 0.148. The lowest BCUT2D eigenvalue weighted by Crippen LogP contribution is -2.30. The van der Waals surface area contributed by atoms with Crippen molar-refractivity contribution in [1.82, 2.24) is 14.8 Å². The number of anilines is 1. The maximum Gasteiger partial charge on any atom is 0.338 e. The first-order chi connectivity index (χ1) is 21.2. The summed E-state index contributed by atoms with van der Waals surface area (Å²) in [5.41, 5.74) is 3.42. The molecule has 1 aliphatic heterocycles. The van der Waals surface area contributed by atoms with E-state index in [-0.39, 0.29) is 12.7 Å². The topological polar surface area (TPSA) is 87.5 Å². The molecule has 4 aromatic rings. The Morgan fingerprint density at radius 3 is 2.43 bits per heavy atom. The summed E-state index contributed by atoms with van der Waals surface area (Å²) in [6.45, 7) is 7.89. The lowest BCUT2D eigenvalue weighted by molar-refractivity contribution is -0.143. The van der Waals surface area contributed by atoms with Crippen molar-refractivity contribution in [2.24, 2.45) is 0 Å². The predicted molar refractivity (Wildman–Crippen MR) is 175 cm³/mol. The molecule has 5 rings (SSSR count). The number of halogens is 3. The number of hydrogen-bond acceptors (Lipinski definition) is 8. The van der Waals surface area contributed by atoms with E-state index in [0.717, 1.165) is 11.1 Å². The van der Waals surface area contributed by atoms with E-state index in [4.69, 9.17) is 59.1 Å². The Kier molecular flexibility index (Phi) is 10.3. The number of nitrogens with one attached hydrogen (secondary N) is 1. The van der Waals surface area contributed by atoms with E-state index >= 15 is 0 Å². The fourth-order valence-corrected chi connectivity index (χ4v) is 6.32. The Morgan fingerprint density at radius 1 is 1.00 bits per heavy atom. The molecule has 230 valence electrons. The molecular formula is C32H31Cl3N4O4S. The first kappa shape index (κ1) is 32.0. The van der Waals surface area contributed by atoms with Crippen LogP contribution in [0.25, 0.3) is 0 Å². The zero-order valence-corrected chi connectivity index (χ0v) is 27.7. The SMILES string of the molecule is CCOc1cc(C2C(C(=O)OC(C)C)=C(C)Nc3nc(SCc4ccccc4Cl)nn32)ccc1OCc1c(Cl)cccc1Cl. The van der Waals surface area contributed by atoms with E-state index in [2.05, 4.69) is 5.32 Å². The molecule has 0 spiro atoms. The van der Waals surface area contributed by atoms with Crippen LogP contribution in [0.5, 0.6) is 11.5 Å². The highest BCUT2D eigenvalue weighted by atomic mass is 35.5. The number of esters is 1. The lowest BCUT2D eigenvalue weighted by atomic mass is 9.95. The van der Waals surface area contributed by atoms with Crippen LogP contribution in [0.1, 0.15) is 50.4 Å². The number of fused-ring (bicyclic) bond motifs is 1. The molecule has 1 aliphatic rings. The molecule has 1 N–H and O–H groups in total. The van der Waals surface area contributed by atoms with Crippen molar-refractivity contribution < 1.29 is 19.0 Å². The van der Waals surface area contributed by atoms with Crippen LogP contribution in [-0.2, 0) is 21.9 Å². The summed E-state index contributed by atoms with van der Waals surface area (Å²) in [5.74, 6) is 1.63. The Morgan fingerprint density at radius 2 is 1.73 bits per heavy atom. The molecule has 0 bridgehead atoms. The maximum absolute atomic E-state index is 13.5. The van der Waals surface area contributed by atoms with Gasteiger partial charge < -0.3 is 19.5 Å². The highest BCUT2D eigenvalue weighted by Gasteiger charge is 2.36. The van der Waals surface area contributed by atoms with Crippen molar-refractivity contribution in [2.45, 2.75) is 57.4 Å². The highest BCUT2D eigenvalue weighted by Crippen LogP contribution is 2.41. The molecule has 3 aromatic carbocycles. The number of rotatable bonds is 11. The van der Waals surface area contributed by atoms with Crippen molar-refractivity contribution >= 4 is 58.5 Å². The van der Waals surface area contributed by atoms with Gasteiger partial charge in [0, 0.05) is 32.1 Å². The van der Waals surface area contributed by atoms with Crippen LogP contribution in [0.4, 0.5) is 5.95 Å². The van der Waals surface area contributed by atoms with Crippen molar-refractivity contribution in [1.29, 1.82) is 0 Å². The Bertz CT molecular complexity index is 1690. The van der Waals surface area contributed by atoms with Crippen LogP contribution < -0.4 is 14.8 Å². The molecule has 0 saturated heterocycles. The van der Waals surface area contributed by atoms with Crippen LogP contribution >= 0.6 is 46.6 Å². The Hall–Kier alpha value is -3.37. The number of ether oxygens (including phenoxy) is 3. The zero-order chi connectivity index (χ0) is 31.4. The largest absolute Gasteiger partial charge is 0.490 e. The van der Waals surface area contributed by atoms with Gasteiger partial charge in [0.25, 0.3) is 0 Å². The number of aromatic nitrogens is 3. The average molecular weight is 674 g/mol. The second kappa shape index (κ2) is 14.2. The number of allylic oxidation sites excluding steroid dienone is 1. The number of thioether (sulfide) groups is 1. The first-order valence-corrected chi connectivity index (χ1v) is 16.1. The summed E-state index contributed by atoms with van der Waals surface area (Å²) in [6.07, 6.45) is -0.311. The summed E-state index contributed by atoms with van der Waals surface area (Å²) in [5, 5.41) is 10.3. The fraction of sp³-hybridized carbons (Fsp3) is 0.281. The van der Waals surface area contributed by atoms with Gasteiger partial charge in [0.15, 0.2) is 11.5 Å². The Labute approximate surface area is 275 Å². The summed E-state index contributed by atoms with van der Waals surface area (Å²) in [6, 6.07) is 17.8. The van der Waals surface area contributed by atoms with Crippen molar-refractivity contribution in [2.75, 3.05) is 11.9 Å². The molecular weight excluding hydrogens is 643 g/mol. The van der Waals surface area contributed by atoms with Gasteiger partial charge in [-0.25, -0.2) is 9.48 Å². The fourth-order valence-electron chi connectivity index (χ4n) is 4.70. The minimum atomic E-state index is -0.647. The Balaban J connectivity index is 1.51. The number of hydrogen-bond donors (Lipinski definition) is 1. The molecule has 0 fully saturated rings. The number of carbonyl (C=O) groups excluding carboxylic acids is 1. The van der Waals surface area contributed by atoms with Gasteiger partial charge in [-0.2, -0.15) is 4.98 Å². The van der Waals surface area contributed by atoms with Gasteiger partial charge in [-0.3, -0.25) is 0 Å². The molecule has 2 heterocycles. The third kappa shape index (κ3) is 7.12. The molecule has 1 atom stereocenters. The molecule has 44 heavy (non-hydrogen) atoms. The quantitative estimate of drug-likeness (QED) is 0.125. The predicted octanol–water partition coefficient (Wildman–Crippen LogP) is 8.75. The summed E-state index contributed by atoms with van der Waals surface area (Å²) < 4.78 is 19.5. The van der Waals surface area contributed by atoms with Crippen LogP contribution in [0.2, 0.25) is 15.1 Å². The van der Waals surface area contributed by atoms with Gasteiger partial charge in [-0.1, -0.05) is 76.9 Å². The average Bonchev–Trinajstić information content (AvgIpc) is 3.38. The second-order valence-corrected chi connectivity index (χ2v) is 12.4. The van der Waals surface area contributed by atoms with E-state index in [1.807, 2.05) is 64.1 Å². The van der Waals surface area contributed by atoms with E-state index in [9.17, 15) is 4.79 Å². The van der Waals surface area contributed by atoms with Crippen LogP contribution in [0.3, 0.4) is 0 Å². The van der Waals surface area contributed by atoms with E-state index < -0.39 is 12.0 Å². The van der Waals surface area contributed by atoms with Crippen molar-refractivity contribution in [3.63, 3.8) is 0 Å². The van der Waals surface area contributed by atoms with Crippen LogP contribution in [0.15, 0.2) is 77.1 Å². The summed E-state index contributed by atoms with van der Waals surface area (Å²) in [4.78, 5) is 18.2. The standard InChI is InChI=1S/C32H31Cl3N4O4S/c1-5-41-27-15-20(13-14-26(27)42-16-22-24(34)11-8-12-25(22)35)29-28(30(40)43-18(2)3)19(4)36-31-37-32(38-39(29)31)44-17-21-9-6-7-10-23(21)33/h6-15,18,29H,5,16-17H2,1-4H3,(H,36,37,38). The van der Waals surface area contributed by atoms with E-state index in [1.165, 1.54) is 11.8 Å². The minimum Gasteiger partial charge on any atom is -0.490 e. The van der Waals surface area contributed by atoms with Crippen LogP contribution in [0, 0.1) is 0 Å². The van der Waals surface area contributed by atoms with E-state index in [1.54, 1.807) is 28.9 Å². The molecule has 0 amide bonds. The first-order valence-electron chi connectivity index (χ1n) is 14.0. The molecule has 12 heteroatoms. The van der Waals surface area contributed by atoms with Gasteiger partial charge in [0.2, 0.25) is 11.1 Å².